The zero-order valence-electron chi connectivity index (χ0n) is 8.98. The lowest BCUT2D eigenvalue weighted by Gasteiger charge is -2.27. The highest BCUT2D eigenvalue weighted by Crippen LogP contribution is 2.27. The molecule has 1 aliphatic carbocycles. The molecule has 0 aromatic carbocycles. The maximum Gasteiger partial charge on any atom is 0.125 e. The number of rotatable bonds is 0. The molecule has 13 heavy (non-hydrogen) atoms. The van der Waals surface area contributed by atoms with Gasteiger partial charge >= 0.3 is 0 Å². The van der Waals surface area contributed by atoms with Crippen molar-refractivity contribution in [2.75, 3.05) is 0 Å². The van der Waals surface area contributed by atoms with E-state index in [0.717, 1.165) is 25.7 Å². The van der Waals surface area contributed by atoms with Gasteiger partial charge in [0.1, 0.15) is 5.60 Å². The minimum Gasteiger partial charge on any atom is -0.378 e. The van der Waals surface area contributed by atoms with Crippen LogP contribution in [0.4, 0.5) is 0 Å². The second kappa shape index (κ2) is 3.72. The van der Waals surface area contributed by atoms with Crippen molar-refractivity contribution in [3.63, 3.8) is 0 Å². The van der Waals surface area contributed by atoms with E-state index in [9.17, 15) is 5.11 Å². The predicted octanol–water partition coefficient (Wildman–Crippen LogP) is 2.73. The Kier molecular flexibility index (Phi) is 3.03. The monoisotopic (exact) mass is 180 g/mol. The van der Waals surface area contributed by atoms with Gasteiger partial charge in [0.15, 0.2) is 0 Å². The average molecular weight is 180 g/mol. The first-order valence-electron chi connectivity index (χ1n) is 5.18. The molecule has 0 unspecified atom stereocenters. The molecule has 1 N–H and O–H groups in total. The fourth-order valence-electron chi connectivity index (χ4n) is 1.57. The number of hydrogen-bond acceptors (Lipinski definition) is 1. The molecule has 1 heteroatoms. The van der Waals surface area contributed by atoms with Crippen molar-refractivity contribution in [1.82, 2.24) is 0 Å². The van der Waals surface area contributed by atoms with Crippen molar-refractivity contribution in [3.05, 3.63) is 0 Å². The molecule has 0 aromatic rings. The second-order valence-electron chi connectivity index (χ2n) is 5.09. The summed E-state index contributed by atoms with van der Waals surface area (Å²) >= 11 is 0. The Morgan fingerprint density at radius 1 is 1.08 bits per heavy atom. The Morgan fingerprint density at radius 2 is 1.62 bits per heavy atom. The van der Waals surface area contributed by atoms with Gasteiger partial charge in [0.2, 0.25) is 0 Å². The van der Waals surface area contributed by atoms with Crippen LogP contribution in [-0.2, 0) is 0 Å². The summed E-state index contributed by atoms with van der Waals surface area (Å²) < 4.78 is 0. The molecule has 0 spiro atoms. The third-order valence-corrected chi connectivity index (χ3v) is 2.35. The Hall–Kier alpha value is -0.480. The number of aliphatic hydroxyl groups is 1. The fourth-order valence-corrected chi connectivity index (χ4v) is 1.57. The van der Waals surface area contributed by atoms with Crippen molar-refractivity contribution in [2.45, 2.75) is 58.5 Å². The van der Waals surface area contributed by atoms with E-state index in [2.05, 4.69) is 32.6 Å². The Labute approximate surface area is 81.5 Å². The van der Waals surface area contributed by atoms with Crippen molar-refractivity contribution >= 4 is 0 Å². The fraction of sp³-hybridized carbons (Fsp3) is 0.833. The lowest BCUT2D eigenvalue weighted by molar-refractivity contribution is 0.0606. The molecule has 1 saturated carbocycles. The molecule has 1 rings (SSSR count). The summed E-state index contributed by atoms with van der Waals surface area (Å²) in [5, 5.41) is 10.1. The second-order valence-corrected chi connectivity index (χ2v) is 5.09. The standard InChI is InChI=1S/C12H20O/c1-11(2,3)9-10-12(13)7-5-4-6-8-12/h13H,4-8H2,1-3H3. The third kappa shape index (κ3) is 3.83. The molecular formula is C12H20O. The quantitative estimate of drug-likeness (QED) is 0.568. The van der Waals surface area contributed by atoms with Crippen LogP contribution in [-0.4, -0.2) is 10.7 Å². The maximum atomic E-state index is 10.1. The third-order valence-electron chi connectivity index (χ3n) is 2.35. The molecule has 0 atom stereocenters. The molecule has 0 radical (unpaired) electrons. The SMILES string of the molecule is CC(C)(C)C#CC1(O)CCCCC1. The van der Waals surface area contributed by atoms with Gasteiger partial charge in [0.25, 0.3) is 0 Å². The van der Waals surface area contributed by atoms with Gasteiger partial charge in [-0.15, -0.1) is 0 Å². The molecule has 1 nitrogen and oxygen atoms in total. The normalized spacial score (nSPS) is 21.8. The molecule has 0 saturated heterocycles. The molecule has 0 aliphatic heterocycles. The van der Waals surface area contributed by atoms with E-state index in [1.165, 1.54) is 6.42 Å². The van der Waals surface area contributed by atoms with Gasteiger partial charge in [0, 0.05) is 5.41 Å². The molecule has 0 aromatic heterocycles. The highest BCUT2D eigenvalue weighted by molar-refractivity contribution is 5.18. The molecule has 0 heterocycles. The Bertz CT molecular complexity index is 218. The minimum absolute atomic E-state index is 0.00712. The van der Waals surface area contributed by atoms with E-state index >= 15 is 0 Å². The number of hydrogen-bond donors (Lipinski definition) is 1. The van der Waals surface area contributed by atoms with E-state index in [0.29, 0.717) is 0 Å². The van der Waals surface area contributed by atoms with Crippen LogP contribution in [0.3, 0.4) is 0 Å². The molecule has 74 valence electrons. The van der Waals surface area contributed by atoms with Crippen LogP contribution < -0.4 is 0 Å². The van der Waals surface area contributed by atoms with E-state index in [1.54, 1.807) is 0 Å². The van der Waals surface area contributed by atoms with Crippen molar-refractivity contribution in [1.29, 1.82) is 0 Å². The lowest BCUT2D eigenvalue weighted by atomic mass is 9.84. The van der Waals surface area contributed by atoms with Crippen LogP contribution in [0.2, 0.25) is 0 Å². The predicted molar refractivity (Wildman–Crippen MR) is 55.3 cm³/mol. The summed E-state index contributed by atoms with van der Waals surface area (Å²) in [7, 11) is 0. The van der Waals surface area contributed by atoms with Gasteiger partial charge in [0.05, 0.1) is 0 Å². The van der Waals surface area contributed by atoms with E-state index in [1.807, 2.05) is 0 Å². The first-order chi connectivity index (χ1) is 5.91. The molecule has 0 bridgehead atoms. The van der Waals surface area contributed by atoms with Gasteiger partial charge in [-0.25, -0.2) is 0 Å². The van der Waals surface area contributed by atoms with Crippen LogP contribution in [0.5, 0.6) is 0 Å². The lowest BCUT2D eigenvalue weighted by Crippen LogP contribution is -2.29. The molecular weight excluding hydrogens is 160 g/mol. The van der Waals surface area contributed by atoms with Crippen molar-refractivity contribution in [2.24, 2.45) is 5.41 Å². The average Bonchev–Trinajstić information content (AvgIpc) is 2.02. The van der Waals surface area contributed by atoms with Crippen LogP contribution in [0.25, 0.3) is 0 Å². The summed E-state index contributed by atoms with van der Waals surface area (Å²) in [5.74, 6) is 6.18. The van der Waals surface area contributed by atoms with Crippen LogP contribution in [0, 0.1) is 17.3 Å². The Morgan fingerprint density at radius 3 is 2.08 bits per heavy atom. The highest BCUT2D eigenvalue weighted by atomic mass is 16.3. The van der Waals surface area contributed by atoms with E-state index in [4.69, 9.17) is 0 Å². The van der Waals surface area contributed by atoms with Gasteiger partial charge in [-0.05, 0) is 46.5 Å². The zero-order chi connectivity index (χ0) is 9.95. The first-order valence-corrected chi connectivity index (χ1v) is 5.18. The zero-order valence-corrected chi connectivity index (χ0v) is 8.98. The van der Waals surface area contributed by atoms with E-state index < -0.39 is 5.60 Å². The van der Waals surface area contributed by atoms with Crippen molar-refractivity contribution < 1.29 is 5.11 Å². The molecule has 1 aliphatic rings. The smallest absolute Gasteiger partial charge is 0.125 e. The van der Waals surface area contributed by atoms with Crippen LogP contribution >= 0.6 is 0 Å². The Balaban J connectivity index is 2.63. The van der Waals surface area contributed by atoms with Gasteiger partial charge in [-0.3, -0.25) is 0 Å². The summed E-state index contributed by atoms with van der Waals surface area (Å²) in [6.07, 6.45) is 5.20. The van der Waals surface area contributed by atoms with Crippen molar-refractivity contribution in [3.8, 4) is 11.8 Å². The first kappa shape index (κ1) is 10.6. The highest BCUT2D eigenvalue weighted by Gasteiger charge is 2.26. The summed E-state index contributed by atoms with van der Waals surface area (Å²) in [5.41, 5.74) is -0.668. The summed E-state index contributed by atoms with van der Waals surface area (Å²) in [4.78, 5) is 0. The van der Waals surface area contributed by atoms with Gasteiger partial charge in [-0.2, -0.15) is 0 Å². The molecule has 0 amide bonds. The van der Waals surface area contributed by atoms with Gasteiger partial charge in [-0.1, -0.05) is 18.3 Å². The molecule has 1 fully saturated rings. The maximum absolute atomic E-state index is 10.1. The van der Waals surface area contributed by atoms with Crippen LogP contribution in [0.15, 0.2) is 0 Å². The summed E-state index contributed by atoms with van der Waals surface area (Å²) in [6, 6.07) is 0. The largest absolute Gasteiger partial charge is 0.378 e. The summed E-state index contributed by atoms with van der Waals surface area (Å²) in [6.45, 7) is 6.23. The van der Waals surface area contributed by atoms with Crippen LogP contribution in [0.1, 0.15) is 52.9 Å². The van der Waals surface area contributed by atoms with Gasteiger partial charge < -0.3 is 5.11 Å². The van der Waals surface area contributed by atoms with E-state index in [-0.39, 0.29) is 5.41 Å². The minimum atomic E-state index is -0.675. The topological polar surface area (TPSA) is 20.2 Å².